The highest BCUT2D eigenvalue weighted by molar-refractivity contribution is 7.99. The van der Waals surface area contributed by atoms with Gasteiger partial charge in [0, 0.05) is 19.1 Å². The zero-order chi connectivity index (χ0) is 25.0. The molecule has 2 aromatic rings. The van der Waals surface area contributed by atoms with E-state index in [1.54, 1.807) is 30.3 Å². The lowest BCUT2D eigenvalue weighted by molar-refractivity contribution is -0.119. The van der Waals surface area contributed by atoms with E-state index in [4.69, 9.17) is 14.2 Å². The molecule has 0 saturated carbocycles. The Labute approximate surface area is 199 Å². The van der Waals surface area contributed by atoms with Gasteiger partial charge in [0.1, 0.15) is 6.61 Å². The number of anilines is 1. The molecule has 3 rings (SSSR count). The number of hydrogen-bond donors (Lipinski definition) is 1. The van der Waals surface area contributed by atoms with Crippen molar-refractivity contribution in [3.8, 4) is 11.5 Å². The van der Waals surface area contributed by atoms with Gasteiger partial charge < -0.3 is 19.5 Å². The number of carbonyl (C=O) groups is 3. The van der Waals surface area contributed by atoms with Gasteiger partial charge in [0.25, 0.3) is 11.8 Å². The van der Waals surface area contributed by atoms with Gasteiger partial charge in [-0.1, -0.05) is 12.1 Å². The van der Waals surface area contributed by atoms with E-state index >= 15 is 0 Å². The van der Waals surface area contributed by atoms with E-state index in [2.05, 4.69) is 11.2 Å². The maximum atomic E-state index is 13.6. The first-order valence-electron chi connectivity index (χ1n) is 10.5. The molecule has 0 aromatic heterocycles. The van der Waals surface area contributed by atoms with Crippen molar-refractivity contribution in [1.82, 2.24) is 4.90 Å². The van der Waals surface area contributed by atoms with Crippen molar-refractivity contribution < 1.29 is 32.8 Å². The van der Waals surface area contributed by atoms with E-state index in [1.807, 2.05) is 6.92 Å². The van der Waals surface area contributed by atoms with Crippen LogP contribution in [0.2, 0.25) is 0 Å². The quantitative estimate of drug-likeness (QED) is 0.404. The van der Waals surface area contributed by atoms with Gasteiger partial charge in [0.15, 0.2) is 11.5 Å². The fraction of sp³-hybridized carbons (Fsp3) is 0.333. The number of methoxy groups -OCH3 is 2. The predicted molar refractivity (Wildman–Crippen MR) is 130 cm³/mol. The lowest BCUT2D eigenvalue weighted by Crippen LogP contribution is -2.37. The Morgan fingerprint density at radius 2 is 1.88 bits per heavy atom. The number of benzene rings is 2. The van der Waals surface area contributed by atoms with Gasteiger partial charge in [-0.25, -0.2) is 0 Å². The number of carbonyl (C=O) groups excluding carboxylic acids is 3. The molecule has 0 fully saturated rings. The van der Waals surface area contributed by atoms with Crippen molar-refractivity contribution in [1.29, 1.82) is 0 Å². The highest BCUT2D eigenvalue weighted by Gasteiger charge is 2.43. The van der Waals surface area contributed by atoms with E-state index in [0.717, 1.165) is 4.90 Å². The third-order valence-electron chi connectivity index (χ3n) is 5.19. The summed E-state index contributed by atoms with van der Waals surface area (Å²) in [6, 6.07) is 8.80. The van der Waals surface area contributed by atoms with Crippen LogP contribution in [0.4, 0.5) is 5.69 Å². The molecule has 34 heavy (non-hydrogen) atoms. The molecule has 3 amide bonds. The molecule has 1 aliphatic rings. The minimum Gasteiger partial charge on any atom is -0.493 e. The van der Waals surface area contributed by atoms with Gasteiger partial charge in [-0.3, -0.25) is 23.5 Å². The van der Waals surface area contributed by atoms with E-state index in [1.165, 1.54) is 26.5 Å². The summed E-state index contributed by atoms with van der Waals surface area (Å²) in [4.78, 5) is 40.1. The van der Waals surface area contributed by atoms with Crippen molar-refractivity contribution in [2.24, 2.45) is 0 Å². The van der Waals surface area contributed by atoms with E-state index < -0.39 is 33.3 Å². The number of fused-ring (bicyclic) bond motifs is 1. The molecule has 2 atom stereocenters. The lowest BCUT2D eigenvalue weighted by atomic mass is 10.1. The van der Waals surface area contributed by atoms with Gasteiger partial charge in [0.2, 0.25) is 5.91 Å². The van der Waals surface area contributed by atoms with Gasteiger partial charge in [-0.15, -0.1) is 0 Å². The van der Waals surface area contributed by atoms with Gasteiger partial charge in [-0.05, 0) is 52.1 Å². The predicted octanol–water partition coefficient (Wildman–Crippen LogP) is 2.36. The summed E-state index contributed by atoms with van der Waals surface area (Å²) < 4.78 is 28.6. The van der Waals surface area contributed by atoms with E-state index in [9.17, 15) is 18.6 Å². The topological polar surface area (TPSA) is 111 Å². The van der Waals surface area contributed by atoms with Crippen molar-refractivity contribution in [3.63, 3.8) is 0 Å². The molecular weight excluding hydrogens is 460 g/mol. The second kappa shape index (κ2) is 10.3. The summed E-state index contributed by atoms with van der Waals surface area (Å²) in [5, 5.41) is 2.61. The van der Waals surface area contributed by atoms with Crippen LogP contribution < -0.4 is 14.8 Å². The maximum absolute atomic E-state index is 13.6. The van der Waals surface area contributed by atoms with Crippen LogP contribution in [0.1, 0.15) is 39.2 Å². The molecule has 0 radical (unpaired) electrons. The smallest absolute Gasteiger partial charge is 0.264 e. The molecule has 1 N–H and O–H groups in total. The highest BCUT2D eigenvalue weighted by atomic mass is 32.2. The van der Waals surface area contributed by atoms with E-state index in [0.29, 0.717) is 23.7 Å². The van der Waals surface area contributed by atoms with Crippen LogP contribution in [0.15, 0.2) is 36.4 Å². The molecule has 0 spiro atoms. The standard InChI is InChI=1S/C24H28N2O7S/c1-6-33-20-12-15(10-11-19(20)32-3)18(14-34(4,5)30)26-23(28)16-8-7-9-17(22(16)24(26)29)25-21(27)13-31-2/h7-12,18H,4,6,13-14H2,1-3,5H3,(H,25,27). The first-order valence-corrected chi connectivity index (χ1v) is 12.8. The number of amides is 3. The molecule has 9 nitrogen and oxygen atoms in total. The Kier molecular flexibility index (Phi) is 7.63. The average Bonchev–Trinajstić information content (AvgIpc) is 3.03. The van der Waals surface area contributed by atoms with Crippen molar-refractivity contribution >= 4 is 38.8 Å². The summed E-state index contributed by atoms with van der Waals surface area (Å²) in [5.41, 5.74) is 0.972. The molecule has 0 saturated heterocycles. The van der Waals surface area contributed by atoms with Crippen LogP contribution in [0.5, 0.6) is 11.5 Å². The molecule has 10 heteroatoms. The third kappa shape index (κ3) is 5.23. The fourth-order valence-electron chi connectivity index (χ4n) is 3.83. The summed E-state index contributed by atoms with van der Waals surface area (Å²) in [6.45, 7) is 1.99. The number of hydrogen-bond acceptors (Lipinski definition) is 7. The summed E-state index contributed by atoms with van der Waals surface area (Å²) >= 11 is 0. The summed E-state index contributed by atoms with van der Waals surface area (Å²) in [6.07, 6.45) is 1.47. The zero-order valence-corrected chi connectivity index (χ0v) is 20.4. The van der Waals surface area contributed by atoms with Gasteiger partial charge in [-0.2, -0.15) is 0 Å². The Morgan fingerprint density at radius 1 is 1.15 bits per heavy atom. The fourth-order valence-corrected chi connectivity index (χ4v) is 4.84. The van der Waals surface area contributed by atoms with E-state index in [-0.39, 0.29) is 29.2 Å². The molecule has 2 aromatic carbocycles. The molecule has 0 bridgehead atoms. The summed E-state index contributed by atoms with van der Waals surface area (Å²) in [7, 11) is 0.260. The van der Waals surface area contributed by atoms with Crippen LogP contribution in [0.3, 0.4) is 0 Å². The molecule has 0 aliphatic carbocycles. The maximum Gasteiger partial charge on any atom is 0.264 e. The van der Waals surface area contributed by atoms with Crippen LogP contribution in [0.25, 0.3) is 0 Å². The monoisotopic (exact) mass is 488 g/mol. The molecular formula is C24H28N2O7S. The molecule has 1 heterocycles. The van der Waals surface area contributed by atoms with Gasteiger partial charge in [0.05, 0.1) is 36.6 Å². The second-order valence-electron chi connectivity index (χ2n) is 7.90. The number of nitrogens with one attached hydrogen (secondary N) is 1. The molecule has 182 valence electrons. The number of rotatable bonds is 10. The minimum absolute atomic E-state index is 0.0538. The molecule has 1 aliphatic heterocycles. The van der Waals surface area contributed by atoms with Crippen molar-refractivity contribution in [2.75, 3.05) is 44.8 Å². The largest absolute Gasteiger partial charge is 0.493 e. The second-order valence-corrected chi connectivity index (χ2v) is 10.6. The lowest BCUT2D eigenvalue weighted by Gasteiger charge is -2.28. The van der Waals surface area contributed by atoms with Crippen LogP contribution in [-0.2, 0) is 19.1 Å². The Hall–Kier alpha value is -3.37. The Balaban J connectivity index is 2.09. The average molecular weight is 489 g/mol. The number of nitrogens with zero attached hydrogens (tertiary/aromatic N) is 1. The third-order valence-corrected chi connectivity index (χ3v) is 6.21. The Bertz CT molecular complexity index is 1220. The van der Waals surface area contributed by atoms with Crippen LogP contribution in [0, 0.1) is 0 Å². The van der Waals surface area contributed by atoms with Gasteiger partial charge >= 0.3 is 0 Å². The highest BCUT2D eigenvalue weighted by Crippen LogP contribution is 2.38. The SMILES string of the molecule is C=S(C)(=O)CC(c1ccc(OC)c(OCC)c1)N1C(=O)c2cccc(NC(=O)COC)c2C1=O. The van der Waals surface area contributed by atoms with Crippen LogP contribution >= 0.6 is 0 Å². The number of ether oxygens (including phenoxy) is 3. The normalized spacial score (nSPS) is 15.5. The minimum atomic E-state index is -2.62. The van der Waals surface area contributed by atoms with Crippen molar-refractivity contribution in [3.05, 3.63) is 53.1 Å². The Morgan fingerprint density at radius 3 is 2.50 bits per heavy atom. The first kappa shape index (κ1) is 25.3. The molecule has 2 unspecified atom stereocenters. The van der Waals surface area contributed by atoms with Crippen molar-refractivity contribution in [2.45, 2.75) is 13.0 Å². The summed E-state index contributed by atoms with van der Waals surface area (Å²) in [5.74, 6) is 2.98. The van der Waals surface area contributed by atoms with Crippen LogP contribution in [-0.4, -0.2) is 72.1 Å². The zero-order valence-electron chi connectivity index (χ0n) is 19.6. The first-order chi connectivity index (χ1) is 16.1. The number of imide groups is 1.